The smallest absolute Gasteiger partial charge is 0.344 e. The van der Waals surface area contributed by atoms with Crippen LogP contribution in [0, 0.1) is 0 Å². The van der Waals surface area contributed by atoms with Crippen LogP contribution in [0.25, 0.3) is 22.2 Å². The van der Waals surface area contributed by atoms with Gasteiger partial charge in [-0.1, -0.05) is 25.1 Å². The summed E-state index contributed by atoms with van der Waals surface area (Å²) in [5, 5.41) is 0. The zero-order valence-electron chi connectivity index (χ0n) is 13.8. The monoisotopic (exact) mass is 324 g/mol. The van der Waals surface area contributed by atoms with Gasteiger partial charge in [-0.2, -0.15) is 0 Å². The molecule has 6 nitrogen and oxygen atoms in total. The molecule has 0 saturated heterocycles. The predicted octanol–water partition coefficient (Wildman–Crippen LogP) is 3.31. The summed E-state index contributed by atoms with van der Waals surface area (Å²) in [4.78, 5) is 21.8. The molecule has 2 N–H and O–H groups in total. The third kappa shape index (κ3) is 2.60. The van der Waals surface area contributed by atoms with E-state index in [1.165, 1.54) is 0 Å². The number of anilines is 1. The van der Waals surface area contributed by atoms with Crippen molar-refractivity contribution in [3.05, 3.63) is 42.5 Å². The Morgan fingerprint density at radius 2 is 2.04 bits per heavy atom. The van der Waals surface area contributed by atoms with Crippen molar-refractivity contribution in [3.63, 3.8) is 0 Å². The van der Waals surface area contributed by atoms with Gasteiger partial charge in [0, 0.05) is 6.54 Å². The van der Waals surface area contributed by atoms with Gasteiger partial charge in [0.05, 0.1) is 17.1 Å². The van der Waals surface area contributed by atoms with Crippen LogP contribution in [0.4, 0.5) is 5.82 Å². The SMILES string of the molecule is C=CCn1c(N)c(C(=O)O[C@H](C)CC)c2nc3ccccc3nc21. The maximum atomic E-state index is 12.6. The molecule has 0 aliphatic rings. The zero-order valence-corrected chi connectivity index (χ0v) is 13.8. The number of rotatable bonds is 5. The first kappa shape index (κ1) is 16.0. The predicted molar refractivity (Wildman–Crippen MR) is 94.8 cm³/mol. The van der Waals surface area contributed by atoms with Crippen molar-refractivity contribution in [1.29, 1.82) is 0 Å². The number of fused-ring (bicyclic) bond motifs is 2. The lowest BCUT2D eigenvalue weighted by atomic mass is 10.2. The summed E-state index contributed by atoms with van der Waals surface area (Å²) in [6.45, 7) is 7.98. The lowest BCUT2D eigenvalue weighted by molar-refractivity contribution is 0.0338. The Labute approximate surface area is 139 Å². The minimum absolute atomic E-state index is 0.192. The van der Waals surface area contributed by atoms with Gasteiger partial charge >= 0.3 is 5.97 Å². The molecule has 0 aliphatic heterocycles. The number of nitrogens with two attached hydrogens (primary N) is 1. The minimum atomic E-state index is -0.473. The summed E-state index contributed by atoms with van der Waals surface area (Å²) in [5.41, 5.74) is 8.96. The molecule has 0 bridgehead atoms. The minimum Gasteiger partial charge on any atom is -0.459 e. The van der Waals surface area contributed by atoms with Gasteiger partial charge in [0.2, 0.25) is 0 Å². The van der Waals surface area contributed by atoms with Crippen molar-refractivity contribution >= 4 is 34.0 Å². The third-order valence-electron chi connectivity index (χ3n) is 3.99. The van der Waals surface area contributed by atoms with E-state index in [2.05, 4.69) is 16.5 Å². The number of hydrogen-bond acceptors (Lipinski definition) is 5. The zero-order chi connectivity index (χ0) is 17.3. The van der Waals surface area contributed by atoms with Crippen LogP contribution in [0.15, 0.2) is 36.9 Å². The van der Waals surface area contributed by atoms with Gasteiger partial charge in [-0.05, 0) is 25.5 Å². The molecule has 3 aromatic rings. The second-order valence-corrected chi connectivity index (χ2v) is 5.67. The fraction of sp³-hybridized carbons (Fsp3) is 0.278. The third-order valence-corrected chi connectivity index (χ3v) is 3.99. The molecular formula is C18H20N4O2. The molecule has 0 unspecified atom stereocenters. The van der Waals surface area contributed by atoms with Crippen LogP contribution in [0.2, 0.25) is 0 Å². The lowest BCUT2D eigenvalue weighted by Gasteiger charge is -2.10. The molecule has 0 spiro atoms. The molecule has 1 aromatic carbocycles. The Hall–Kier alpha value is -2.89. The molecule has 6 heteroatoms. The van der Waals surface area contributed by atoms with E-state index in [0.29, 0.717) is 29.0 Å². The molecule has 0 amide bonds. The Kier molecular flexibility index (Phi) is 4.20. The van der Waals surface area contributed by atoms with E-state index in [1.807, 2.05) is 38.1 Å². The molecular weight excluding hydrogens is 304 g/mol. The molecule has 3 rings (SSSR count). The summed E-state index contributed by atoms with van der Waals surface area (Å²) in [7, 11) is 0. The van der Waals surface area contributed by atoms with Crippen LogP contribution in [0.3, 0.4) is 0 Å². The molecule has 0 fully saturated rings. The Balaban J connectivity index is 2.27. The quantitative estimate of drug-likeness (QED) is 0.575. The normalized spacial score (nSPS) is 12.4. The topological polar surface area (TPSA) is 83.0 Å². The summed E-state index contributed by atoms with van der Waals surface area (Å²) in [6.07, 6.45) is 2.24. The highest BCUT2D eigenvalue weighted by Crippen LogP contribution is 2.28. The number of nitrogens with zero attached hydrogens (tertiary/aromatic N) is 3. The number of carbonyl (C=O) groups is 1. The average molecular weight is 324 g/mol. The Morgan fingerprint density at radius 3 is 2.67 bits per heavy atom. The van der Waals surface area contributed by atoms with E-state index in [9.17, 15) is 4.79 Å². The first-order chi connectivity index (χ1) is 11.6. The van der Waals surface area contributed by atoms with Crippen LogP contribution >= 0.6 is 0 Å². The molecule has 24 heavy (non-hydrogen) atoms. The van der Waals surface area contributed by atoms with Crippen molar-refractivity contribution in [2.45, 2.75) is 32.9 Å². The van der Waals surface area contributed by atoms with Gasteiger partial charge in [0.1, 0.15) is 16.9 Å². The van der Waals surface area contributed by atoms with Crippen LogP contribution < -0.4 is 5.73 Å². The lowest BCUT2D eigenvalue weighted by Crippen LogP contribution is -2.15. The van der Waals surface area contributed by atoms with Crippen LogP contribution in [0.5, 0.6) is 0 Å². The van der Waals surface area contributed by atoms with E-state index >= 15 is 0 Å². The van der Waals surface area contributed by atoms with Crippen molar-refractivity contribution in [2.24, 2.45) is 0 Å². The summed E-state index contributed by atoms with van der Waals surface area (Å²) < 4.78 is 7.18. The standard InChI is InChI=1S/C18H20N4O2/c1-4-10-22-16(19)14(18(23)24-11(3)5-2)15-17(22)21-13-9-7-6-8-12(13)20-15/h4,6-9,11H,1,5,10,19H2,2-3H3/t11-/m1/s1. The molecule has 2 aromatic heterocycles. The number of nitrogen functional groups attached to an aromatic ring is 1. The van der Waals surface area contributed by atoms with Gasteiger partial charge in [-0.3, -0.25) is 0 Å². The number of hydrogen-bond donors (Lipinski definition) is 1. The van der Waals surface area contributed by atoms with E-state index in [4.69, 9.17) is 10.5 Å². The Bertz CT molecular complexity index is 930. The van der Waals surface area contributed by atoms with Gasteiger partial charge in [-0.25, -0.2) is 14.8 Å². The number of aromatic nitrogens is 3. The number of esters is 1. The second-order valence-electron chi connectivity index (χ2n) is 5.67. The fourth-order valence-electron chi connectivity index (χ4n) is 2.56. The average Bonchev–Trinajstić information content (AvgIpc) is 2.84. The molecule has 0 saturated carbocycles. The van der Waals surface area contributed by atoms with E-state index < -0.39 is 5.97 Å². The highest BCUT2D eigenvalue weighted by atomic mass is 16.5. The van der Waals surface area contributed by atoms with Gasteiger partial charge < -0.3 is 15.0 Å². The highest BCUT2D eigenvalue weighted by Gasteiger charge is 2.25. The largest absolute Gasteiger partial charge is 0.459 e. The number of benzene rings is 1. The molecule has 0 aliphatic carbocycles. The second kappa shape index (κ2) is 6.31. The summed E-state index contributed by atoms with van der Waals surface area (Å²) >= 11 is 0. The molecule has 0 radical (unpaired) electrons. The van der Waals surface area contributed by atoms with E-state index in [-0.39, 0.29) is 11.7 Å². The van der Waals surface area contributed by atoms with Crippen LogP contribution in [-0.2, 0) is 11.3 Å². The fourth-order valence-corrected chi connectivity index (χ4v) is 2.56. The van der Waals surface area contributed by atoms with Gasteiger partial charge in [0.15, 0.2) is 5.65 Å². The first-order valence-corrected chi connectivity index (χ1v) is 7.93. The summed E-state index contributed by atoms with van der Waals surface area (Å²) in [6, 6.07) is 7.50. The molecule has 124 valence electrons. The maximum Gasteiger partial charge on any atom is 0.344 e. The molecule has 1 atom stereocenters. The Morgan fingerprint density at radius 1 is 1.38 bits per heavy atom. The number of carbonyl (C=O) groups excluding carboxylic acids is 1. The number of allylic oxidation sites excluding steroid dienone is 1. The van der Waals surface area contributed by atoms with Crippen LogP contribution in [-0.4, -0.2) is 26.6 Å². The highest BCUT2D eigenvalue weighted by molar-refractivity contribution is 6.08. The van der Waals surface area contributed by atoms with Crippen LogP contribution in [0.1, 0.15) is 30.6 Å². The first-order valence-electron chi connectivity index (χ1n) is 7.93. The van der Waals surface area contributed by atoms with Gasteiger partial charge in [0.25, 0.3) is 0 Å². The van der Waals surface area contributed by atoms with E-state index in [0.717, 1.165) is 11.9 Å². The maximum absolute atomic E-state index is 12.6. The number of ether oxygens (including phenoxy) is 1. The molecule has 2 heterocycles. The van der Waals surface area contributed by atoms with E-state index in [1.54, 1.807) is 10.6 Å². The summed E-state index contributed by atoms with van der Waals surface area (Å²) in [5.74, 6) is -0.173. The van der Waals surface area contributed by atoms with Crippen molar-refractivity contribution in [3.8, 4) is 0 Å². The van der Waals surface area contributed by atoms with Gasteiger partial charge in [-0.15, -0.1) is 6.58 Å². The van der Waals surface area contributed by atoms with Crippen molar-refractivity contribution in [2.75, 3.05) is 5.73 Å². The van der Waals surface area contributed by atoms with Crippen molar-refractivity contribution < 1.29 is 9.53 Å². The van der Waals surface area contributed by atoms with Crippen molar-refractivity contribution in [1.82, 2.24) is 14.5 Å². The number of para-hydroxylation sites is 2.